The molecule has 1 saturated carbocycles. The molecule has 28 heavy (non-hydrogen) atoms. The van der Waals surface area contributed by atoms with Gasteiger partial charge in [-0.15, -0.1) is 0 Å². The van der Waals surface area contributed by atoms with E-state index in [0.29, 0.717) is 5.75 Å². The molecule has 0 saturated heterocycles. The fourth-order valence-electron chi connectivity index (χ4n) is 3.39. The van der Waals surface area contributed by atoms with Gasteiger partial charge in [-0.05, 0) is 37.8 Å². The lowest BCUT2D eigenvalue weighted by molar-refractivity contribution is 0.0864. The van der Waals surface area contributed by atoms with Crippen molar-refractivity contribution < 1.29 is 28.2 Å². The van der Waals surface area contributed by atoms with Gasteiger partial charge >= 0.3 is 0 Å². The van der Waals surface area contributed by atoms with Crippen LogP contribution in [0.25, 0.3) is 0 Å². The van der Waals surface area contributed by atoms with Crippen LogP contribution < -0.4 is 29.7 Å². The number of nitrogens with one attached hydrogen (secondary N) is 1. The molecule has 2 heterocycles. The average Bonchev–Trinajstić information content (AvgIpc) is 3.17. The molecular formula is C20H21NO7. The molecule has 1 aliphatic carbocycles. The highest BCUT2D eigenvalue weighted by molar-refractivity contribution is 5.91. The van der Waals surface area contributed by atoms with Gasteiger partial charge in [0.15, 0.2) is 17.3 Å². The zero-order chi connectivity index (χ0) is 19.5. The summed E-state index contributed by atoms with van der Waals surface area (Å²) in [5.74, 6) is 1.81. The third-order valence-corrected chi connectivity index (χ3v) is 4.90. The predicted molar refractivity (Wildman–Crippen MR) is 98.2 cm³/mol. The number of hydrogen-bond acceptors (Lipinski definition) is 7. The highest BCUT2D eigenvalue weighted by Gasteiger charge is 2.25. The first-order valence-electron chi connectivity index (χ1n) is 9.16. The Morgan fingerprint density at radius 1 is 1.11 bits per heavy atom. The lowest BCUT2D eigenvalue weighted by Gasteiger charge is -2.29. The van der Waals surface area contributed by atoms with Gasteiger partial charge in [-0.3, -0.25) is 9.59 Å². The van der Waals surface area contributed by atoms with Crippen LogP contribution in [0.15, 0.2) is 39.7 Å². The van der Waals surface area contributed by atoms with Crippen molar-refractivity contribution in [3.63, 3.8) is 0 Å². The Hall–Kier alpha value is -3.16. The van der Waals surface area contributed by atoms with Crippen molar-refractivity contribution in [2.45, 2.75) is 37.8 Å². The number of ether oxygens (including phenoxy) is 4. The molecule has 2 aliphatic rings. The molecule has 1 aromatic carbocycles. The van der Waals surface area contributed by atoms with Crippen molar-refractivity contribution in [1.29, 1.82) is 0 Å². The molecule has 0 unspecified atom stereocenters. The van der Waals surface area contributed by atoms with Crippen LogP contribution in [0.5, 0.6) is 23.0 Å². The van der Waals surface area contributed by atoms with E-state index in [2.05, 4.69) is 5.32 Å². The molecule has 1 aliphatic heterocycles. The Morgan fingerprint density at radius 2 is 1.89 bits per heavy atom. The second kappa shape index (κ2) is 7.84. The summed E-state index contributed by atoms with van der Waals surface area (Å²) < 4.78 is 26.7. The van der Waals surface area contributed by atoms with Crippen LogP contribution in [0.4, 0.5) is 0 Å². The summed E-state index contributed by atoms with van der Waals surface area (Å²) in [5, 5.41) is 2.91. The normalized spacial score (nSPS) is 20.5. The zero-order valence-corrected chi connectivity index (χ0v) is 15.4. The molecule has 1 fully saturated rings. The van der Waals surface area contributed by atoms with Crippen molar-refractivity contribution in [3.8, 4) is 23.0 Å². The molecule has 0 bridgehead atoms. The zero-order valence-electron chi connectivity index (χ0n) is 15.4. The van der Waals surface area contributed by atoms with Crippen LogP contribution >= 0.6 is 0 Å². The van der Waals surface area contributed by atoms with E-state index in [4.69, 9.17) is 23.4 Å². The average molecular weight is 387 g/mol. The first kappa shape index (κ1) is 18.2. The highest BCUT2D eigenvalue weighted by atomic mass is 16.7. The topological polar surface area (TPSA) is 96.2 Å². The minimum atomic E-state index is -0.403. The maximum atomic E-state index is 12.3. The number of benzene rings is 1. The van der Waals surface area contributed by atoms with Gasteiger partial charge in [-0.25, -0.2) is 0 Å². The molecule has 4 rings (SSSR count). The van der Waals surface area contributed by atoms with Crippen molar-refractivity contribution in [1.82, 2.24) is 5.32 Å². The van der Waals surface area contributed by atoms with E-state index in [-0.39, 0.29) is 35.9 Å². The third-order valence-electron chi connectivity index (χ3n) is 4.90. The van der Waals surface area contributed by atoms with Crippen molar-refractivity contribution >= 4 is 5.91 Å². The number of methoxy groups -OCH3 is 1. The molecule has 8 nitrogen and oxygen atoms in total. The van der Waals surface area contributed by atoms with E-state index in [1.165, 1.54) is 7.11 Å². The van der Waals surface area contributed by atoms with Crippen LogP contribution in [-0.4, -0.2) is 32.0 Å². The Balaban J connectivity index is 1.29. The number of carbonyl (C=O) groups is 1. The Morgan fingerprint density at radius 3 is 2.64 bits per heavy atom. The molecule has 1 aromatic heterocycles. The predicted octanol–water partition coefficient (Wildman–Crippen LogP) is 2.50. The first-order valence-corrected chi connectivity index (χ1v) is 9.16. The summed E-state index contributed by atoms with van der Waals surface area (Å²) in [6.07, 6.45) is 4.40. The van der Waals surface area contributed by atoms with E-state index in [0.717, 1.165) is 49.5 Å². The summed E-state index contributed by atoms with van der Waals surface area (Å²) in [6.45, 7) is 0.234. The maximum absolute atomic E-state index is 12.3. The fraction of sp³-hybridized carbons (Fsp3) is 0.400. The van der Waals surface area contributed by atoms with E-state index in [9.17, 15) is 9.59 Å². The Kier molecular flexibility index (Phi) is 5.10. The lowest BCUT2D eigenvalue weighted by Crippen LogP contribution is -2.39. The number of carbonyl (C=O) groups excluding carboxylic acids is 1. The molecule has 2 aromatic rings. The van der Waals surface area contributed by atoms with E-state index in [1.54, 1.807) is 0 Å². The fourth-order valence-corrected chi connectivity index (χ4v) is 3.39. The molecule has 0 spiro atoms. The summed E-state index contributed by atoms with van der Waals surface area (Å²) in [7, 11) is 1.37. The minimum absolute atomic E-state index is 0.0107. The number of rotatable bonds is 5. The summed E-state index contributed by atoms with van der Waals surface area (Å²) >= 11 is 0. The van der Waals surface area contributed by atoms with Crippen molar-refractivity contribution in [2.75, 3.05) is 13.9 Å². The first-order chi connectivity index (χ1) is 13.6. The monoisotopic (exact) mass is 387 g/mol. The van der Waals surface area contributed by atoms with Crippen LogP contribution in [-0.2, 0) is 0 Å². The third kappa shape index (κ3) is 3.90. The molecule has 148 valence electrons. The van der Waals surface area contributed by atoms with Gasteiger partial charge in [0.1, 0.15) is 12.0 Å². The van der Waals surface area contributed by atoms with Crippen molar-refractivity contribution in [2.24, 2.45) is 0 Å². The quantitative estimate of drug-likeness (QED) is 0.842. The molecule has 1 amide bonds. The SMILES string of the molecule is COc1coc(C(=O)NC2CCC(Oc3ccc4c(c3)OCO4)CC2)cc1=O. The lowest BCUT2D eigenvalue weighted by atomic mass is 9.93. The van der Waals surface area contributed by atoms with E-state index >= 15 is 0 Å². The summed E-state index contributed by atoms with van der Waals surface area (Å²) in [6, 6.07) is 6.69. The summed E-state index contributed by atoms with van der Waals surface area (Å²) in [5.41, 5.74) is -0.389. The minimum Gasteiger partial charge on any atom is -0.490 e. The molecule has 0 atom stereocenters. The molecule has 0 radical (unpaired) electrons. The van der Waals surface area contributed by atoms with Gasteiger partial charge in [0, 0.05) is 18.2 Å². The van der Waals surface area contributed by atoms with Crippen LogP contribution in [0.3, 0.4) is 0 Å². The largest absolute Gasteiger partial charge is 0.490 e. The van der Waals surface area contributed by atoms with Gasteiger partial charge in [0.2, 0.25) is 18.0 Å². The maximum Gasteiger partial charge on any atom is 0.287 e. The highest BCUT2D eigenvalue weighted by Crippen LogP contribution is 2.36. The second-order valence-corrected chi connectivity index (χ2v) is 6.76. The molecule has 8 heteroatoms. The van der Waals surface area contributed by atoms with Crippen LogP contribution in [0.1, 0.15) is 36.2 Å². The van der Waals surface area contributed by atoms with Crippen LogP contribution in [0.2, 0.25) is 0 Å². The second-order valence-electron chi connectivity index (χ2n) is 6.76. The number of amides is 1. The molecule has 1 N–H and O–H groups in total. The number of fused-ring (bicyclic) bond motifs is 1. The van der Waals surface area contributed by atoms with Gasteiger partial charge in [0.25, 0.3) is 5.91 Å². The van der Waals surface area contributed by atoms with Gasteiger partial charge in [0.05, 0.1) is 13.2 Å². The molecular weight excluding hydrogens is 366 g/mol. The van der Waals surface area contributed by atoms with E-state index in [1.807, 2.05) is 18.2 Å². The Bertz CT molecular complexity index is 915. The van der Waals surface area contributed by atoms with Gasteiger partial charge in [-0.1, -0.05) is 0 Å². The van der Waals surface area contributed by atoms with Gasteiger partial charge in [-0.2, -0.15) is 0 Å². The summed E-state index contributed by atoms with van der Waals surface area (Å²) in [4.78, 5) is 24.1. The van der Waals surface area contributed by atoms with Crippen LogP contribution in [0, 0.1) is 0 Å². The number of hydrogen-bond donors (Lipinski definition) is 1. The standard InChI is InChI=1S/C20H21NO7/c1-24-19-10-25-18(9-15(19)22)20(23)21-12-2-4-13(5-3-12)28-14-6-7-16-17(8-14)27-11-26-16/h6-10,12-13H,2-5,11H2,1H3,(H,21,23). The smallest absolute Gasteiger partial charge is 0.287 e. The van der Waals surface area contributed by atoms with Crippen molar-refractivity contribution in [3.05, 3.63) is 46.5 Å². The van der Waals surface area contributed by atoms with E-state index < -0.39 is 5.91 Å². The van der Waals surface area contributed by atoms with Gasteiger partial charge < -0.3 is 28.7 Å². The Labute approximate surface area is 161 Å².